The molecule has 1 atom stereocenters. The Balaban J connectivity index is 2.11. The molecular weight excluding hydrogens is 324 g/mol. The average Bonchev–Trinajstić information content (AvgIpc) is 2.86. The van der Waals surface area contributed by atoms with Crippen LogP contribution in [-0.2, 0) is 11.3 Å². The fraction of sp³-hybridized carbons (Fsp3) is 0.357. The normalized spacial score (nSPS) is 12.3. The molecule has 0 aromatic carbocycles. The summed E-state index contributed by atoms with van der Waals surface area (Å²) in [6.07, 6.45) is 1.79. The molecule has 2 heterocycles. The Bertz CT molecular complexity index is 621. The second-order valence-corrected chi connectivity index (χ2v) is 5.23. The van der Waals surface area contributed by atoms with Gasteiger partial charge in [0.2, 0.25) is 0 Å². The van der Waals surface area contributed by atoms with Gasteiger partial charge in [0, 0.05) is 25.9 Å². The van der Waals surface area contributed by atoms with Gasteiger partial charge in [0.1, 0.15) is 5.76 Å². The van der Waals surface area contributed by atoms with E-state index in [-0.39, 0.29) is 11.6 Å². The molecule has 0 radical (unpaired) electrons. The summed E-state index contributed by atoms with van der Waals surface area (Å²) in [5.41, 5.74) is 0.821. The Labute approximate surface area is 125 Å². The first-order valence-corrected chi connectivity index (χ1v) is 7.10. The molecule has 0 fully saturated rings. The van der Waals surface area contributed by atoms with Gasteiger partial charge in [0.15, 0.2) is 4.67 Å². The molecule has 1 unspecified atom stereocenters. The molecule has 6 heteroatoms. The number of rotatable bonds is 6. The maximum absolute atomic E-state index is 11.7. The number of furan rings is 1. The van der Waals surface area contributed by atoms with Crippen molar-refractivity contribution in [3.63, 3.8) is 0 Å². The summed E-state index contributed by atoms with van der Waals surface area (Å²) in [4.78, 5) is 11.7. The first kappa shape index (κ1) is 14.9. The highest BCUT2D eigenvalue weighted by Crippen LogP contribution is 2.23. The number of anilines is 1. The zero-order valence-corrected chi connectivity index (χ0v) is 13.0. The standard InChI is InChI=1S/C14H17BrN2O3/c1-10(12-4-5-13(15)20-12)16-11-3-6-14(18)17(9-11)7-8-19-2/h3-6,9-10,16H,7-8H2,1-2H3. The fourth-order valence-corrected chi connectivity index (χ4v) is 2.18. The molecule has 0 spiro atoms. The van der Waals surface area contributed by atoms with Crippen LogP contribution in [0.15, 0.2) is 44.3 Å². The summed E-state index contributed by atoms with van der Waals surface area (Å²) in [6, 6.07) is 7.08. The van der Waals surface area contributed by atoms with E-state index in [1.165, 1.54) is 0 Å². The SMILES string of the molecule is COCCn1cc(NC(C)c2ccc(Br)o2)ccc1=O. The van der Waals surface area contributed by atoms with Crippen LogP contribution in [-0.4, -0.2) is 18.3 Å². The summed E-state index contributed by atoms with van der Waals surface area (Å²) in [5.74, 6) is 0.825. The molecule has 0 aliphatic heterocycles. The molecule has 1 N–H and O–H groups in total. The van der Waals surface area contributed by atoms with E-state index in [9.17, 15) is 4.79 Å². The van der Waals surface area contributed by atoms with Gasteiger partial charge in [-0.2, -0.15) is 0 Å². The van der Waals surface area contributed by atoms with Gasteiger partial charge >= 0.3 is 0 Å². The molecule has 0 aliphatic carbocycles. The van der Waals surface area contributed by atoms with Gasteiger partial charge in [-0.3, -0.25) is 4.79 Å². The zero-order chi connectivity index (χ0) is 14.5. The van der Waals surface area contributed by atoms with Crippen LogP contribution in [0.4, 0.5) is 5.69 Å². The molecule has 0 amide bonds. The average molecular weight is 341 g/mol. The van der Waals surface area contributed by atoms with E-state index in [1.54, 1.807) is 30.0 Å². The van der Waals surface area contributed by atoms with Crippen molar-refractivity contribution in [2.45, 2.75) is 19.5 Å². The Hall–Kier alpha value is -1.53. The Morgan fingerprint density at radius 3 is 2.85 bits per heavy atom. The van der Waals surface area contributed by atoms with Crippen molar-refractivity contribution < 1.29 is 9.15 Å². The van der Waals surface area contributed by atoms with Gasteiger partial charge in [-0.05, 0) is 41.1 Å². The van der Waals surface area contributed by atoms with Crippen molar-refractivity contribution in [2.24, 2.45) is 0 Å². The highest BCUT2D eigenvalue weighted by atomic mass is 79.9. The first-order chi connectivity index (χ1) is 9.60. The van der Waals surface area contributed by atoms with Crippen LogP contribution >= 0.6 is 15.9 Å². The van der Waals surface area contributed by atoms with Crippen LogP contribution in [0.25, 0.3) is 0 Å². The molecule has 2 aromatic rings. The molecule has 20 heavy (non-hydrogen) atoms. The number of hydrogen-bond acceptors (Lipinski definition) is 4. The van der Waals surface area contributed by atoms with E-state index in [1.807, 2.05) is 19.1 Å². The maximum atomic E-state index is 11.7. The Morgan fingerprint density at radius 1 is 1.40 bits per heavy atom. The lowest BCUT2D eigenvalue weighted by atomic mass is 10.2. The second-order valence-electron chi connectivity index (χ2n) is 4.45. The van der Waals surface area contributed by atoms with Crippen molar-refractivity contribution in [3.8, 4) is 0 Å². The number of nitrogens with zero attached hydrogens (tertiary/aromatic N) is 1. The minimum Gasteiger partial charge on any atom is -0.452 e. The first-order valence-electron chi connectivity index (χ1n) is 6.31. The molecule has 0 aliphatic rings. The van der Waals surface area contributed by atoms with E-state index >= 15 is 0 Å². The molecule has 2 rings (SSSR count). The van der Waals surface area contributed by atoms with Gasteiger partial charge in [-0.1, -0.05) is 0 Å². The lowest BCUT2D eigenvalue weighted by molar-refractivity contribution is 0.186. The van der Waals surface area contributed by atoms with Crippen LogP contribution in [0.1, 0.15) is 18.7 Å². The van der Waals surface area contributed by atoms with Crippen molar-refractivity contribution in [1.29, 1.82) is 0 Å². The third-order valence-electron chi connectivity index (χ3n) is 2.92. The van der Waals surface area contributed by atoms with E-state index in [4.69, 9.17) is 9.15 Å². The van der Waals surface area contributed by atoms with E-state index in [0.717, 1.165) is 11.4 Å². The van der Waals surface area contributed by atoms with Crippen molar-refractivity contribution in [3.05, 3.63) is 51.2 Å². The minimum absolute atomic E-state index is 0.00896. The van der Waals surface area contributed by atoms with Gasteiger partial charge in [0.25, 0.3) is 5.56 Å². The monoisotopic (exact) mass is 340 g/mol. The molecule has 5 nitrogen and oxygen atoms in total. The number of pyridine rings is 1. The molecule has 0 saturated carbocycles. The summed E-state index contributed by atoms with van der Waals surface area (Å²) in [6.45, 7) is 3.03. The van der Waals surface area contributed by atoms with Crippen LogP contribution < -0.4 is 10.9 Å². The molecule has 2 aromatic heterocycles. The summed E-state index contributed by atoms with van der Waals surface area (Å²) < 4.78 is 12.8. The summed E-state index contributed by atoms with van der Waals surface area (Å²) in [7, 11) is 1.62. The number of hydrogen-bond donors (Lipinski definition) is 1. The molecule has 0 saturated heterocycles. The maximum Gasteiger partial charge on any atom is 0.250 e. The quantitative estimate of drug-likeness (QED) is 0.878. The third-order valence-corrected chi connectivity index (χ3v) is 3.35. The second kappa shape index (κ2) is 6.76. The topological polar surface area (TPSA) is 56.4 Å². The van der Waals surface area contributed by atoms with Crippen LogP contribution in [0.5, 0.6) is 0 Å². The Morgan fingerprint density at radius 2 is 2.20 bits per heavy atom. The van der Waals surface area contributed by atoms with E-state index in [0.29, 0.717) is 17.8 Å². The van der Waals surface area contributed by atoms with E-state index in [2.05, 4.69) is 21.2 Å². The highest BCUT2D eigenvalue weighted by molar-refractivity contribution is 9.10. The largest absolute Gasteiger partial charge is 0.452 e. The number of methoxy groups -OCH3 is 1. The van der Waals surface area contributed by atoms with Gasteiger partial charge < -0.3 is 19.0 Å². The summed E-state index contributed by atoms with van der Waals surface area (Å²) >= 11 is 3.28. The third kappa shape index (κ3) is 3.74. The highest BCUT2D eigenvalue weighted by Gasteiger charge is 2.10. The van der Waals surface area contributed by atoms with Crippen LogP contribution in [0.2, 0.25) is 0 Å². The predicted octanol–water partition coefficient (Wildman–Crippen LogP) is 3.02. The smallest absolute Gasteiger partial charge is 0.250 e. The van der Waals surface area contributed by atoms with Crippen molar-refractivity contribution in [2.75, 3.05) is 19.0 Å². The zero-order valence-electron chi connectivity index (χ0n) is 11.4. The van der Waals surface area contributed by atoms with Gasteiger partial charge in [-0.15, -0.1) is 0 Å². The lowest BCUT2D eigenvalue weighted by Gasteiger charge is -2.14. The number of halogens is 1. The van der Waals surface area contributed by atoms with Crippen LogP contribution in [0, 0.1) is 0 Å². The Kier molecular flexibility index (Phi) is 5.03. The number of aromatic nitrogens is 1. The molecule has 108 valence electrons. The van der Waals surface area contributed by atoms with E-state index < -0.39 is 0 Å². The lowest BCUT2D eigenvalue weighted by Crippen LogP contribution is -2.21. The van der Waals surface area contributed by atoms with Crippen molar-refractivity contribution >= 4 is 21.6 Å². The predicted molar refractivity (Wildman–Crippen MR) is 81.0 cm³/mol. The number of nitrogens with one attached hydrogen (secondary N) is 1. The molecule has 0 bridgehead atoms. The fourth-order valence-electron chi connectivity index (χ4n) is 1.86. The summed E-state index contributed by atoms with van der Waals surface area (Å²) in [5, 5.41) is 3.30. The van der Waals surface area contributed by atoms with Gasteiger partial charge in [-0.25, -0.2) is 0 Å². The van der Waals surface area contributed by atoms with Crippen LogP contribution in [0.3, 0.4) is 0 Å². The molecular formula is C14H17BrN2O3. The van der Waals surface area contributed by atoms with Crippen molar-refractivity contribution in [1.82, 2.24) is 4.57 Å². The number of ether oxygens (including phenoxy) is 1. The minimum atomic E-state index is -0.0407. The van der Waals surface area contributed by atoms with Gasteiger partial charge in [0.05, 0.1) is 18.3 Å².